The van der Waals surface area contributed by atoms with Crippen LogP contribution in [0.25, 0.3) is 0 Å². The van der Waals surface area contributed by atoms with Crippen LogP contribution in [0.5, 0.6) is 0 Å². The minimum Gasteiger partial charge on any atom is -0.337 e. The van der Waals surface area contributed by atoms with E-state index in [9.17, 15) is 8.42 Å². The lowest BCUT2D eigenvalue weighted by atomic mass is 10.2. The molecule has 0 spiro atoms. The first-order valence-electron chi connectivity index (χ1n) is 6.34. The fourth-order valence-electron chi connectivity index (χ4n) is 1.94. The largest absolute Gasteiger partial charge is 0.337 e. The minimum absolute atomic E-state index is 0.0415. The zero-order valence-corrected chi connectivity index (χ0v) is 14.2. The van der Waals surface area contributed by atoms with Gasteiger partial charge in [0.2, 0.25) is 15.3 Å². The van der Waals surface area contributed by atoms with E-state index in [4.69, 9.17) is 23.2 Å². The SMILES string of the molecule is CCN(c1ccccc1Nc1nc(Cl)ncc1Cl)S(C)(=O)=O. The molecular formula is C13H14Cl2N4O2S. The molecule has 0 amide bonds. The second-order valence-corrected chi connectivity index (χ2v) is 7.06. The van der Waals surface area contributed by atoms with Gasteiger partial charge in [0.1, 0.15) is 5.02 Å². The molecule has 0 unspecified atom stereocenters. The van der Waals surface area contributed by atoms with Crippen LogP contribution in [0.3, 0.4) is 0 Å². The third-order valence-electron chi connectivity index (χ3n) is 2.83. The zero-order chi connectivity index (χ0) is 16.3. The van der Waals surface area contributed by atoms with Crippen molar-refractivity contribution in [1.82, 2.24) is 9.97 Å². The van der Waals surface area contributed by atoms with Crippen molar-refractivity contribution < 1.29 is 8.42 Å². The van der Waals surface area contributed by atoms with E-state index in [1.165, 1.54) is 10.5 Å². The van der Waals surface area contributed by atoms with Gasteiger partial charge in [0.05, 0.1) is 23.8 Å². The van der Waals surface area contributed by atoms with E-state index in [0.29, 0.717) is 23.7 Å². The molecule has 0 saturated heterocycles. The average molecular weight is 361 g/mol. The average Bonchev–Trinajstić information content (AvgIpc) is 2.44. The number of benzene rings is 1. The van der Waals surface area contributed by atoms with Crippen LogP contribution in [0.4, 0.5) is 17.2 Å². The number of aromatic nitrogens is 2. The molecule has 0 fully saturated rings. The van der Waals surface area contributed by atoms with Gasteiger partial charge < -0.3 is 5.32 Å². The third-order valence-corrected chi connectivity index (χ3v) is 4.54. The first-order valence-corrected chi connectivity index (χ1v) is 8.95. The molecule has 1 aromatic heterocycles. The second kappa shape index (κ2) is 6.68. The van der Waals surface area contributed by atoms with Crippen molar-refractivity contribution in [2.75, 3.05) is 22.4 Å². The van der Waals surface area contributed by atoms with Gasteiger partial charge in [-0.05, 0) is 30.7 Å². The van der Waals surface area contributed by atoms with Crippen molar-refractivity contribution in [1.29, 1.82) is 0 Å². The van der Waals surface area contributed by atoms with Crippen LogP contribution in [0, 0.1) is 0 Å². The Balaban J connectivity index is 2.47. The van der Waals surface area contributed by atoms with Crippen LogP contribution in [0.15, 0.2) is 30.5 Å². The van der Waals surface area contributed by atoms with Crippen LogP contribution in [0.1, 0.15) is 6.92 Å². The Morgan fingerprint density at radius 2 is 1.95 bits per heavy atom. The van der Waals surface area contributed by atoms with Crippen molar-refractivity contribution in [3.8, 4) is 0 Å². The molecule has 1 heterocycles. The van der Waals surface area contributed by atoms with Crippen molar-refractivity contribution in [2.24, 2.45) is 0 Å². The Morgan fingerprint density at radius 1 is 1.27 bits per heavy atom. The summed E-state index contributed by atoms with van der Waals surface area (Å²) in [5.41, 5.74) is 1.05. The molecule has 9 heteroatoms. The number of hydrogen-bond donors (Lipinski definition) is 1. The second-order valence-electron chi connectivity index (χ2n) is 4.41. The van der Waals surface area contributed by atoms with Gasteiger partial charge in [0.25, 0.3) is 0 Å². The standard InChI is InChI=1S/C13H14Cl2N4O2S/c1-3-19(22(2,20)21)11-7-5-4-6-10(11)17-12-9(14)8-16-13(15)18-12/h4-8H,3H2,1-2H3,(H,16,17,18). The lowest BCUT2D eigenvalue weighted by Gasteiger charge is -2.23. The number of halogens is 2. The fourth-order valence-corrected chi connectivity index (χ4v) is 3.20. The molecule has 0 bridgehead atoms. The van der Waals surface area contributed by atoms with E-state index in [0.717, 1.165) is 6.26 Å². The van der Waals surface area contributed by atoms with Crippen LogP contribution >= 0.6 is 23.2 Å². The first kappa shape index (κ1) is 16.8. The van der Waals surface area contributed by atoms with Gasteiger partial charge in [-0.15, -0.1) is 0 Å². The fraction of sp³-hybridized carbons (Fsp3) is 0.231. The smallest absolute Gasteiger partial charge is 0.232 e. The summed E-state index contributed by atoms with van der Waals surface area (Å²) < 4.78 is 25.1. The molecule has 0 atom stereocenters. The molecule has 2 aromatic rings. The lowest BCUT2D eigenvalue weighted by Crippen LogP contribution is -2.30. The Hall–Kier alpha value is -1.57. The van der Waals surface area contributed by atoms with Gasteiger partial charge in [-0.25, -0.2) is 13.4 Å². The number of rotatable bonds is 5. The maximum absolute atomic E-state index is 11.9. The van der Waals surface area contributed by atoms with Crippen LogP contribution in [-0.2, 0) is 10.0 Å². The molecule has 1 aromatic carbocycles. The summed E-state index contributed by atoms with van der Waals surface area (Å²) >= 11 is 11.8. The molecule has 2 rings (SSSR count). The van der Waals surface area contributed by atoms with Gasteiger partial charge in [-0.2, -0.15) is 4.98 Å². The number of anilines is 3. The molecule has 118 valence electrons. The predicted octanol–water partition coefficient (Wildman–Crippen LogP) is 3.31. The highest BCUT2D eigenvalue weighted by atomic mass is 35.5. The van der Waals surface area contributed by atoms with Crippen molar-refractivity contribution in [3.63, 3.8) is 0 Å². The van der Waals surface area contributed by atoms with Gasteiger partial charge in [-0.1, -0.05) is 23.7 Å². The van der Waals surface area contributed by atoms with Crippen LogP contribution in [-0.4, -0.2) is 31.2 Å². The van der Waals surface area contributed by atoms with Gasteiger partial charge in [-0.3, -0.25) is 4.31 Å². The van der Waals surface area contributed by atoms with Crippen LogP contribution < -0.4 is 9.62 Å². The van der Waals surface area contributed by atoms with Crippen LogP contribution in [0.2, 0.25) is 10.3 Å². The molecule has 0 aliphatic rings. The van der Waals surface area contributed by atoms with Gasteiger partial charge in [0.15, 0.2) is 5.82 Å². The molecule has 22 heavy (non-hydrogen) atoms. The molecular weight excluding hydrogens is 347 g/mol. The van der Waals surface area contributed by atoms with E-state index in [1.54, 1.807) is 31.2 Å². The first-order chi connectivity index (χ1) is 10.3. The lowest BCUT2D eigenvalue weighted by molar-refractivity contribution is 0.598. The highest BCUT2D eigenvalue weighted by molar-refractivity contribution is 7.92. The highest BCUT2D eigenvalue weighted by Crippen LogP contribution is 2.31. The summed E-state index contributed by atoms with van der Waals surface area (Å²) in [6.07, 6.45) is 2.53. The summed E-state index contributed by atoms with van der Waals surface area (Å²) in [6, 6.07) is 6.96. The molecule has 0 radical (unpaired) electrons. The van der Waals surface area contributed by atoms with E-state index in [2.05, 4.69) is 15.3 Å². The Labute approximate surface area is 139 Å². The van der Waals surface area contributed by atoms with Gasteiger partial charge in [0, 0.05) is 6.54 Å². The Morgan fingerprint density at radius 3 is 2.59 bits per heavy atom. The summed E-state index contributed by atoms with van der Waals surface area (Å²) in [5, 5.41) is 3.32. The molecule has 0 saturated carbocycles. The molecule has 0 aliphatic heterocycles. The third kappa shape index (κ3) is 3.79. The Kier molecular flexibility index (Phi) is 5.10. The summed E-state index contributed by atoms with van der Waals surface area (Å²) in [7, 11) is -3.40. The number of nitrogens with one attached hydrogen (secondary N) is 1. The predicted molar refractivity (Wildman–Crippen MR) is 89.6 cm³/mol. The number of nitrogens with zero attached hydrogens (tertiary/aromatic N) is 3. The van der Waals surface area contributed by atoms with Crippen molar-refractivity contribution in [2.45, 2.75) is 6.92 Å². The zero-order valence-electron chi connectivity index (χ0n) is 11.9. The monoisotopic (exact) mass is 360 g/mol. The quantitative estimate of drug-likeness (QED) is 0.827. The summed E-state index contributed by atoms with van der Waals surface area (Å²) in [6.45, 7) is 2.06. The Bertz CT molecular complexity index is 783. The highest BCUT2D eigenvalue weighted by Gasteiger charge is 2.19. The summed E-state index contributed by atoms with van der Waals surface area (Å²) in [5.74, 6) is 0.304. The van der Waals surface area contributed by atoms with E-state index >= 15 is 0 Å². The number of para-hydroxylation sites is 2. The summed E-state index contributed by atoms with van der Waals surface area (Å²) in [4.78, 5) is 7.77. The molecule has 6 nitrogen and oxygen atoms in total. The van der Waals surface area contributed by atoms with Crippen molar-refractivity contribution in [3.05, 3.63) is 40.8 Å². The normalized spacial score (nSPS) is 11.3. The van der Waals surface area contributed by atoms with Crippen molar-refractivity contribution >= 4 is 50.4 Å². The van der Waals surface area contributed by atoms with Gasteiger partial charge >= 0.3 is 0 Å². The number of hydrogen-bond acceptors (Lipinski definition) is 5. The maximum atomic E-state index is 11.9. The molecule has 0 aliphatic carbocycles. The van der Waals surface area contributed by atoms with E-state index in [-0.39, 0.29) is 10.3 Å². The minimum atomic E-state index is -3.40. The van der Waals surface area contributed by atoms with E-state index in [1.807, 2.05) is 0 Å². The van der Waals surface area contributed by atoms with E-state index < -0.39 is 10.0 Å². The maximum Gasteiger partial charge on any atom is 0.232 e. The number of sulfonamides is 1. The topological polar surface area (TPSA) is 75.2 Å². The molecule has 1 N–H and O–H groups in total.